The van der Waals surface area contributed by atoms with Crippen molar-refractivity contribution >= 4 is 31.8 Å². The number of aliphatic carboxylic acids is 1. The van der Waals surface area contributed by atoms with E-state index in [1.807, 2.05) is 0 Å². The smallest absolute Gasteiger partial charge is 0.870 e. The Labute approximate surface area is 91.8 Å². The van der Waals surface area contributed by atoms with E-state index in [1.165, 1.54) is 0 Å². The molecule has 0 rings (SSSR count). The average molecular weight is 278 g/mol. The molecule has 0 saturated heterocycles. The fraction of sp³-hybridized carbons (Fsp3) is 0.857. The summed E-state index contributed by atoms with van der Waals surface area (Å²) in [5, 5.41) is 9.85. The third-order valence-electron chi connectivity index (χ3n) is 1.23. The van der Waals surface area contributed by atoms with Gasteiger partial charge >= 0.3 is 25.8 Å². The summed E-state index contributed by atoms with van der Waals surface area (Å²) >= 11 is 0. The molecule has 0 aromatic rings. The van der Waals surface area contributed by atoms with Crippen LogP contribution in [-0.2, 0) is 4.79 Å². The van der Waals surface area contributed by atoms with Gasteiger partial charge in [-0.15, -0.1) is 0 Å². The van der Waals surface area contributed by atoms with Gasteiger partial charge in [-0.2, -0.15) is 0 Å². The van der Waals surface area contributed by atoms with Crippen LogP contribution in [0.25, 0.3) is 0 Å². The van der Waals surface area contributed by atoms with Gasteiger partial charge in [-0.3, -0.25) is 0 Å². The molecule has 2 N–H and O–H groups in total. The van der Waals surface area contributed by atoms with Crippen LogP contribution < -0.4 is 5.11 Å². The normalized spacial score (nSPS) is 7.08. The number of hydrogen-bond donors (Lipinski definition) is 0. The molecule has 0 saturated carbocycles. The largest absolute Gasteiger partial charge is 3.00 e. The van der Waals surface area contributed by atoms with Crippen molar-refractivity contribution in [2.45, 2.75) is 39.0 Å². The first-order valence-corrected chi connectivity index (χ1v) is 3.47. The van der Waals surface area contributed by atoms with Crippen LogP contribution in [0.2, 0.25) is 0 Å². The molecular formula is C7H15InO4. The van der Waals surface area contributed by atoms with Gasteiger partial charge in [0.1, 0.15) is 0 Å². The van der Waals surface area contributed by atoms with Gasteiger partial charge < -0.3 is 20.9 Å². The maximum Gasteiger partial charge on any atom is 3.00 e. The summed E-state index contributed by atoms with van der Waals surface area (Å²) in [5.41, 5.74) is 0. The van der Waals surface area contributed by atoms with E-state index in [-0.39, 0.29) is 43.2 Å². The van der Waals surface area contributed by atoms with E-state index in [9.17, 15) is 9.90 Å². The van der Waals surface area contributed by atoms with Crippen molar-refractivity contribution in [1.82, 2.24) is 0 Å². The fourth-order valence-electron chi connectivity index (χ4n) is 0.696. The molecule has 0 aliphatic heterocycles. The molecular weight excluding hydrogens is 263 g/mol. The number of carbonyl (C=O) groups excluding carboxylic acids is 1. The molecule has 0 aliphatic rings. The van der Waals surface area contributed by atoms with Crippen LogP contribution in [0.15, 0.2) is 0 Å². The Kier molecular flexibility index (Phi) is 33.0. The van der Waals surface area contributed by atoms with Crippen molar-refractivity contribution in [3.8, 4) is 0 Å². The van der Waals surface area contributed by atoms with Crippen LogP contribution >= 0.6 is 0 Å². The summed E-state index contributed by atoms with van der Waals surface area (Å²) in [4.78, 5) is 9.85. The topological polar surface area (TPSA) is 100 Å². The minimum atomic E-state index is -0.925. The second-order valence-corrected chi connectivity index (χ2v) is 2.18. The van der Waals surface area contributed by atoms with Gasteiger partial charge in [0.15, 0.2) is 0 Å². The van der Waals surface area contributed by atoms with E-state index < -0.39 is 5.97 Å². The predicted molar refractivity (Wildman–Crippen MR) is 43.4 cm³/mol. The second kappa shape index (κ2) is 17.4. The van der Waals surface area contributed by atoms with Crippen LogP contribution in [-0.4, -0.2) is 42.8 Å². The Balaban J connectivity index is -0.000000107. The van der Waals surface area contributed by atoms with Crippen molar-refractivity contribution in [2.24, 2.45) is 0 Å². The van der Waals surface area contributed by atoms with Crippen LogP contribution in [0.4, 0.5) is 0 Å². The zero-order chi connectivity index (χ0) is 7.11. The van der Waals surface area contributed by atoms with Crippen LogP contribution in [0.3, 0.4) is 0 Å². The fourth-order valence-corrected chi connectivity index (χ4v) is 0.696. The molecule has 4 nitrogen and oxygen atoms in total. The van der Waals surface area contributed by atoms with Gasteiger partial charge in [-0.25, -0.2) is 0 Å². The van der Waals surface area contributed by atoms with Gasteiger partial charge in [0.2, 0.25) is 0 Å². The molecule has 0 unspecified atom stereocenters. The molecule has 0 fully saturated rings. The van der Waals surface area contributed by atoms with Crippen molar-refractivity contribution in [2.75, 3.05) is 0 Å². The molecule has 0 heterocycles. The van der Waals surface area contributed by atoms with Gasteiger partial charge in [-0.1, -0.05) is 26.2 Å². The molecule has 0 atom stereocenters. The molecule has 0 aromatic heterocycles. The van der Waals surface area contributed by atoms with Crippen molar-refractivity contribution < 1.29 is 20.9 Å². The Morgan fingerprint density at radius 3 is 2.00 bits per heavy atom. The second-order valence-electron chi connectivity index (χ2n) is 2.18. The number of carbonyl (C=O) groups is 1. The Bertz CT molecular complexity index is 87.5. The standard InChI is InChI=1S/C7H14O2.In.2H2O/c1-2-3-4-5-6-7(8)9;;;/h2-6H2,1H3,(H,8,9);;2*1H2/q;+3;;/p-3. The average Bonchev–Trinajstić information content (AvgIpc) is 1.80. The Morgan fingerprint density at radius 2 is 1.67 bits per heavy atom. The molecule has 0 amide bonds. The van der Waals surface area contributed by atoms with Gasteiger partial charge in [0.25, 0.3) is 0 Å². The molecule has 0 aliphatic carbocycles. The number of hydrogen-bond acceptors (Lipinski definition) is 4. The minimum Gasteiger partial charge on any atom is -0.870 e. The molecule has 70 valence electrons. The molecule has 12 heavy (non-hydrogen) atoms. The Morgan fingerprint density at radius 1 is 1.17 bits per heavy atom. The SMILES string of the molecule is CCCCCCC(=O)[O-].[In+3].[OH-].[OH-]. The molecule has 0 radical (unpaired) electrons. The van der Waals surface area contributed by atoms with Gasteiger partial charge in [0, 0.05) is 5.97 Å². The van der Waals surface area contributed by atoms with Crippen molar-refractivity contribution in [1.29, 1.82) is 0 Å². The summed E-state index contributed by atoms with van der Waals surface area (Å²) in [6.07, 6.45) is 4.29. The van der Waals surface area contributed by atoms with E-state index in [0.717, 1.165) is 25.7 Å². The zero-order valence-electron chi connectivity index (χ0n) is 7.32. The first kappa shape index (κ1) is 22.8. The summed E-state index contributed by atoms with van der Waals surface area (Å²) in [6, 6.07) is 0. The molecule has 0 aromatic carbocycles. The van der Waals surface area contributed by atoms with E-state index in [1.54, 1.807) is 0 Å². The third-order valence-corrected chi connectivity index (χ3v) is 1.23. The zero-order valence-corrected chi connectivity index (χ0v) is 10.6. The van der Waals surface area contributed by atoms with E-state index in [2.05, 4.69) is 6.92 Å². The van der Waals surface area contributed by atoms with Crippen molar-refractivity contribution in [3.05, 3.63) is 0 Å². The van der Waals surface area contributed by atoms with Crippen molar-refractivity contribution in [3.63, 3.8) is 0 Å². The molecule has 5 heteroatoms. The number of unbranched alkanes of at least 4 members (excludes halogenated alkanes) is 3. The summed E-state index contributed by atoms with van der Waals surface area (Å²) in [5.74, 6) is -0.925. The number of carboxylic acids is 1. The minimum absolute atomic E-state index is 0. The maximum atomic E-state index is 9.85. The maximum absolute atomic E-state index is 9.85. The number of rotatable bonds is 5. The number of carboxylic acid groups (broad SMARTS) is 1. The first-order chi connectivity index (χ1) is 4.27. The predicted octanol–water partition coefficient (Wildman–Crippen LogP) is -0.0277. The van der Waals surface area contributed by atoms with E-state index in [4.69, 9.17) is 0 Å². The monoisotopic (exact) mass is 278 g/mol. The van der Waals surface area contributed by atoms with E-state index in [0.29, 0.717) is 0 Å². The van der Waals surface area contributed by atoms with Crippen LogP contribution in [0.5, 0.6) is 0 Å². The quantitative estimate of drug-likeness (QED) is 0.659. The van der Waals surface area contributed by atoms with Gasteiger partial charge in [-0.05, 0) is 12.8 Å². The molecule has 0 bridgehead atoms. The third kappa shape index (κ3) is 22.5. The Hall–Kier alpha value is 0.260. The first-order valence-electron chi connectivity index (χ1n) is 3.47. The molecule has 0 spiro atoms. The van der Waals surface area contributed by atoms with Crippen LogP contribution in [0.1, 0.15) is 39.0 Å². The van der Waals surface area contributed by atoms with Gasteiger partial charge in [0.05, 0.1) is 0 Å². The summed E-state index contributed by atoms with van der Waals surface area (Å²) in [7, 11) is 0. The van der Waals surface area contributed by atoms with Crippen LogP contribution in [0, 0.1) is 0 Å². The van der Waals surface area contributed by atoms with E-state index >= 15 is 0 Å². The summed E-state index contributed by atoms with van der Waals surface area (Å²) < 4.78 is 0. The summed E-state index contributed by atoms with van der Waals surface area (Å²) in [6.45, 7) is 2.10.